The molecule has 2 rings (SSSR count). The van der Waals surface area contributed by atoms with Gasteiger partial charge in [0.2, 0.25) is 0 Å². The van der Waals surface area contributed by atoms with Crippen molar-refractivity contribution in [1.29, 1.82) is 0 Å². The van der Waals surface area contributed by atoms with Crippen LogP contribution in [-0.2, 0) is 19.0 Å². The highest BCUT2D eigenvalue weighted by atomic mass is 31.2. The lowest BCUT2D eigenvalue weighted by Gasteiger charge is -2.30. The average Bonchev–Trinajstić information content (AvgIpc) is 2.45. The normalized spacial score (nSPS) is 15.4. The average molecular weight is 280 g/mol. The van der Waals surface area contributed by atoms with Crippen LogP contribution in [0.1, 0.15) is 12.5 Å². The first kappa shape index (κ1) is 14.2. The summed E-state index contributed by atoms with van der Waals surface area (Å²) in [6.45, 7) is 1.44. The van der Waals surface area contributed by atoms with E-state index in [1.54, 1.807) is 12.1 Å². The van der Waals surface area contributed by atoms with Gasteiger partial charge in [-0.15, -0.1) is 0 Å². The summed E-state index contributed by atoms with van der Waals surface area (Å²) in [6, 6.07) is 13.1. The lowest BCUT2D eigenvalue weighted by molar-refractivity contribution is 0.0933. The number of hydrogen-bond donors (Lipinski definition) is 1. The molecular formula is C14H17O4P. The highest BCUT2D eigenvalue weighted by molar-refractivity contribution is 7.54. The van der Waals surface area contributed by atoms with Gasteiger partial charge in [-0.25, -0.2) is 0 Å². The molecule has 2 aromatic rings. The van der Waals surface area contributed by atoms with Gasteiger partial charge in [0, 0.05) is 14.2 Å². The first-order valence-electron chi connectivity index (χ1n) is 5.88. The van der Waals surface area contributed by atoms with Crippen molar-refractivity contribution in [3.05, 3.63) is 48.0 Å². The fourth-order valence-corrected chi connectivity index (χ4v) is 3.39. The Morgan fingerprint density at radius 3 is 2.21 bits per heavy atom. The lowest BCUT2D eigenvalue weighted by Crippen LogP contribution is -2.23. The Labute approximate surface area is 112 Å². The Kier molecular flexibility index (Phi) is 3.79. The molecule has 0 saturated carbocycles. The Balaban J connectivity index is 2.57. The molecule has 1 atom stereocenters. The maximum Gasteiger partial charge on any atom is 0.365 e. The second kappa shape index (κ2) is 5.06. The van der Waals surface area contributed by atoms with E-state index in [-0.39, 0.29) is 0 Å². The zero-order valence-electron chi connectivity index (χ0n) is 11.2. The van der Waals surface area contributed by atoms with Gasteiger partial charge in [0.25, 0.3) is 0 Å². The van der Waals surface area contributed by atoms with E-state index in [2.05, 4.69) is 0 Å². The van der Waals surface area contributed by atoms with Crippen LogP contribution in [0.2, 0.25) is 0 Å². The van der Waals surface area contributed by atoms with Crippen LogP contribution in [0.4, 0.5) is 0 Å². The highest BCUT2D eigenvalue weighted by Crippen LogP contribution is 2.62. The third kappa shape index (κ3) is 2.33. The molecule has 0 aliphatic rings. The molecule has 0 aliphatic heterocycles. The molecule has 19 heavy (non-hydrogen) atoms. The minimum absolute atomic E-state index is 0.498. The van der Waals surface area contributed by atoms with Crippen LogP contribution in [0.5, 0.6) is 0 Å². The van der Waals surface area contributed by atoms with Gasteiger partial charge in [-0.2, -0.15) is 0 Å². The molecule has 1 N–H and O–H groups in total. The van der Waals surface area contributed by atoms with Gasteiger partial charge < -0.3 is 14.2 Å². The van der Waals surface area contributed by atoms with Gasteiger partial charge in [0.1, 0.15) is 0 Å². The van der Waals surface area contributed by atoms with Gasteiger partial charge in [-0.1, -0.05) is 36.4 Å². The summed E-state index contributed by atoms with van der Waals surface area (Å²) in [5.41, 5.74) is 0.498. The molecule has 0 bridgehead atoms. The lowest BCUT2D eigenvalue weighted by atomic mass is 10.0. The first-order valence-corrected chi connectivity index (χ1v) is 7.42. The molecule has 4 nitrogen and oxygen atoms in total. The van der Waals surface area contributed by atoms with Gasteiger partial charge in [0.05, 0.1) is 0 Å². The second-order valence-corrected chi connectivity index (χ2v) is 7.04. The summed E-state index contributed by atoms with van der Waals surface area (Å²) in [7, 11) is -1.10. The Morgan fingerprint density at radius 1 is 1.05 bits per heavy atom. The topological polar surface area (TPSA) is 55.8 Å². The van der Waals surface area contributed by atoms with Crippen molar-refractivity contribution in [2.45, 2.75) is 12.3 Å². The van der Waals surface area contributed by atoms with E-state index in [9.17, 15) is 9.67 Å². The van der Waals surface area contributed by atoms with Crippen molar-refractivity contribution in [1.82, 2.24) is 0 Å². The SMILES string of the molecule is COP(=O)(OC)C(C)(O)c1ccc2ccccc2c1. The summed E-state index contributed by atoms with van der Waals surface area (Å²) in [4.78, 5) is 0. The van der Waals surface area contributed by atoms with Crippen molar-refractivity contribution >= 4 is 18.4 Å². The van der Waals surface area contributed by atoms with Crippen molar-refractivity contribution in [2.75, 3.05) is 14.2 Å². The molecule has 0 aromatic heterocycles. The van der Waals surface area contributed by atoms with Crippen molar-refractivity contribution in [3.8, 4) is 0 Å². The zero-order valence-corrected chi connectivity index (χ0v) is 12.1. The number of aliphatic hydroxyl groups is 1. The van der Waals surface area contributed by atoms with Crippen LogP contribution in [0.3, 0.4) is 0 Å². The van der Waals surface area contributed by atoms with Gasteiger partial charge in [-0.05, 0) is 29.3 Å². The number of benzene rings is 2. The molecular weight excluding hydrogens is 263 g/mol. The molecule has 0 amide bonds. The van der Waals surface area contributed by atoms with E-state index >= 15 is 0 Å². The van der Waals surface area contributed by atoms with E-state index in [1.165, 1.54) is 21.1 Å². The van der Waals surface area contributed by atoms with Crippen molar-refractivity contribution in [3.63, 3.8) is 0 Å². The predicted molar refractivity (Wildman–Crippen MR) is 75.1 cm³/mol. The Morgan fingerprint density at radius 2 is 1.63 bits per heavy atom. The van der Waals surface area contributed by atoms with Crippen LogP contribution in [0.15, 0.2) is 42.5 Å². The summed E-state index contributed by atoms with van der Waals surface area (Å²) in [5.74, 6) is 0. The fourth-order valence-electron chi connectivity index (χ4n) is 2.07. The predicted octanol–water partition coefficient (Wildman–Crippen LogP) is 3.49. The molecule has 1 unspecified atom stereocenters. The molecule has 0 heterocycles. The Hall–Kier alpha value is -1.19. The molecule has 0 spiro atoms. The van der Waals surface area contributed by atoms with Gasteiger partial charge in [-0.3, -0.25) is 4.57 Å². The molecule has 0 aliphatic carbocycles. The fraction of sp³-hybridized carbons (Fsp3) is 0.286. The van der Waals surface area contributed by atoms with Crippen molar-refractivity contribution in [2.24, 2.45) is 0 Å². The van der Waals surface area contributed by atoms with Crippen LogP contribution >= 0.6 is 7.60 Å². The van der Waals surface area contributed by atoms with Gasteiger partial charge in [0.15, 0.2) is 5.34 Å². The quantitative estimate of drug-likeness (QED) is 0.871. The Bertz CT molecular complexity index is 628. The molecule has 2 aromatic carbocycles. The number of fused-ring (bicyclic) bond motifs is 1. The second-order valence-electron chi connectivity index (χ2n) is 4.45. The van der Waals surface area contributed by atoms with Crippen LogP contribution in [0.25, 0.3) is 10.8 Å². The summed E-state index contributed by atoms with van der Waals surface area (Å²) in [6.07, 6.45) is 0. The first-order chi connectivity index (χ1) is 8.94. The molecule has 5 heteroatoms. The summed E-state index contributed by atoms with van der Waals surface area (Å²) >= 11 is 0. The molecule has 102 valence electrons. The highest BCUT2D eigenvalue weighted by Gasteiger charge is 2.46. The third-order valence-electron chi connectivity index (χ3n) is 3.31. The van der Waals surface area contributed by atoms with E-state index in [0.717, 1.165) is 10.8 Å². The van der Waals surface area contributed by atoms with Gasteiger partial charge >= 0.3 is 7.60 Å². The number of hydrogen-bond acceptors (Lipinski definition) is 4. The monoisotopic (exact) mass is 280 g/mol. The largest absolute Gasteiger partial charge is 0.373 e. The third-order valence-corrected chi connectivity index (χ3v) is 5.60. The van der Waals surface area contributed by atoms with Crippen LogP contribution in [0, 0.1) is 0 Å². The van der Waals surface area contributed by atoms with Crippen LogP contribution < -0.4 is 0 Å². The van der Waals surface area contributed by atoms with E-state index in [0.29, 0.717) is 5.56 Å². The zero-order chi connectivity index (χ0) is 14.1. The minimum atomic E-state index is -3.63. The smallest absolute Gasteiger partial charge is 0.365 e. The number of rotatable bonds is 4. The standard InChI is InChI=1S/C14H17O4P/c1-14(15,19(16,17-2)18-3)13-9-8-11-6-4-5-7-12(11)10-13/h4-10,15H,1-3H3. The van der Waals surface area contributed by atoms with Crippen LogP contribution in [-0.4, -0.2) is 19.3 Å². The molecule has 0 saturated heterocycles. The molecule has 0 fully saturated rings. The maximum atomic E-state index is 12.4. The van der Waals surface area contributed by atoms with E-state index < -0.39 is 12.9 Å². The summed E-state index contributed by atoms with van der Waals surface area (Å²) in [5, 5.41) is 10.9. The van der Waals surface area contributed by atoms with Crippen molar-refractivity contribution < 1.29 is 18.7 Å². The van der Waals surface area contributed by atoms with E-state index in [4.69, 9.17) is 9.05 Å². The van der Waals surface area contributed by atoms with E-state index in [1.807, 2.05) is 30.3 Å². The maximum absolute atomic E-state index is 12.4. The molecule has 0 radical (unpaired) electrons. The minimum Gasteiger partial charge on any atom is -0.373 e. The summed E-state index contributed by atoms with van der Waals surface area (Å²) < 4.78 is 22.2.